The quantitative estimate of drug-likeness (QED) is 0.255. The molecule has 47 heavy (non-hydrogen) atoms. The van der Waals surface area contributed by atoms with Crippen LogP contribution in [0.1, 0.15) is 45.6 Å². The molecule has 5 heterocycles. The Labute approximate surface area is 261 Å². The summed E-state index contributed by atoms with van der Waals surface area (Å²) in [5.74, 6) is -0.837. The van der Waals surface area contributed by atoms with Crippen molar-refractivity contribution in [2.75, 3.05) is 0 Å². The molecule has 0 spiro atoms. The van der Waals surface area contributed by atoms with E-state index in [-0.39, 0.29) is 55.5 Å². The van der Waals surface area contributed by atoms with Crippen LogP contribution in [0.3, 0.4) is 0 Å². The van der Waals surface area contributed by atoms with E-state index in [1.54, 1.807) is 42.5 Å². The Balaban J connectivity index is 1.79. The number of nitriles is 8. The summed E-state index contributed by atoms with van der Waals surface area (Å²) >= 11 is 0. The van der Waals surface area contributed by atoms with Gasteiger partial charge in [0.15, 0.2) is 28.4 Å². The molecule has 0 aliphatic heterocycles. The predicted octanol–water partition coefficient (Wildman–Crippen LogP) is 1.78. The van der Waals surface area contributed by atoms with Crippen molar-refractivity contribution in [3.8, 4) is 48.6 Å². The van der Waals surface area contributed by atoms with Crippen LogP contribution in [-0.4, -0.2) is 29.9 Å². The number of benzene rings is 1. The van der Waals surface area contributed by atoms with E-state index in [4.69, 9.17) is 4.42 Å². The van der Waals surface area contributed by atoms with Crippen molar-refractivity contribution < 1.29 is 4.42 Å². The minimum absolute atomic E-state index is 0.155. The van der Waals surface area contributed by atoms with Crippen molar-refractivity contribution in [1.82, 2.24) is 29.9 Å². The van der Waals surface area contributed by atoms with E-state index in [1.165, 1.54) is 18.7 Å². The van der Waals surface area contributed by atoms with E-state index >= 15 is 0 Å². The summed E-state index contributed by atoms with van der Waals surface area (Å²) in [5.41, 5.74) is -1.04. The zero-order valence-electron chi connectivity index (χ0n) is 23.1. The minimum atomic E-state index is -0.420. The van der Waals surface area contributed by atoms with Gasteiger partial charge in [0.1, 0.15) is 54.1 Å². The second-order valence-electron chi connectivity index (χ2n) is 9.29. The highest BCUT2D eigenvalue weighted by atomic mass is 16.3. The van der Waals surface area contributed by atoms with Crippen molar-refractivity contribution >= 4 is 43.9 Å². The maximum atomic E-state index is 10.2. The molecule has 15 heteroatoms. The molecule has 0 radical (unpaired) electrons. The van der Waals surface area contributed by atoms with Gasteiger partial charge in [0.25, 0.3) is 0 Å². The van der Waals surface area contributed by atoms with Crippen LogP contribution in [0.4, 0.5) is 0 Å². The lowest BCUT2D eigenvalue weighted by Gasteiger charge is -2.08. The Hall–Kier alpha value is -8.60. The van der Waals surface area contributed by atoms with Gasteiger partial charge in [-0.3, -0.25) is 9.97 Å². The first-order valence-corrected chi connectivity index (χ1v) is 12.8. The fourth-order valence-corrected chi connectivity index (χ4v) is 5.04. The summed E-state index contributed by atoms with van der Waals surface area (Å²) in [4.78, 5) is 24.5. The predicted molar refractivity (Wildman–Crippen MR) is 155 cm³/mol. The molecular formula is C32H6N14O. The van der Waals surface area contributed by atoms with Gasteiger partial charge in [0, 0.05) is 39.0 Å². The van der Waals surface area contributed by atoms with Crippen LogP contribution < -0.4 is 10.4 Å². The van der Waals surface area contributed by atoms with Crippen LogP contribution in [0.2, 0.25) is 0 Å². The maximum Gasteiger partial charge on any atom is 0.234 e. The second-order valence-corrected chi connectivity index (χ2v) is 9.29. The van der Waals surface area contributed by atoms with Gasteiger partial charge in [-0.2, -0.15) is 42.1 Å². The zero-order chi connectivity index (χ0) is 33.2. The summed E-state index contributed by atoms with van der Waals surface area (Å²) in [6, 6.07) is 19.4. The molecule has 210 valence electrons. The zero-order valence-corrected chi connectivity index (χ0v) is 23.1. The lowest BCUT2D eigenvalue weighted by atomic mass is 9.98. The number of nitrogens with zero attached hydrogens (tertiary/aromatic N) is 14. The van der Waals surface area contributed by atoms with Gasteiger partial charge in [0.05, 0.1) is 34.1 Å². The average Bonchev–Trinajstić information content (AvgIpc) is 3.62. The molecule has 0 N–H and O–H groups in total. The smallest absolute Gasteiger partial charge is 0.234 e. The van der Waals surface area contributed by atoms with E-state index in [9.17, 15) is 42.1 Å². The van der Waals surface area contributed by atoms with Gasteiger partial charge in [0.2, 0.25) is 11.6 Å². The molecule has 0 aliphatic carbocycles. The van der Waals surface area contributed by atoms with Gasteiger partial charge in [-0.15, -0.1) is 0 Å². The molecule has 0 fully saturated rings. The average molecular weight is 602 g/mol. The highest BCUT2D eigenvalue weighted by molar-refractivity contribution is 6.21. The molecule has 5 aromatic heterocycles. The van der Waals surface area contributed by atoms with E-state index < -0.39 is 11.6 Å². The van der Waals surface area contributed by atoms with Gasteiger partial charge in [-0.05, 0) is 18.2 Å². The Morgan fingerprint density at radius 1 is 0.532 bits per heavy atom. The first kappa shape index (κ1) is 28.5. The minimum Gasteiger partial charge on any atom is -0.462 e. The third-order valence-electron chi connectivity index (χ3n) is 6.94. The number of rotatable bonds is 2. The number of furan rings is 1. The van der Waals surface area contributed by atoms with Gasteiger partial charge in [-0.25, -0.2) is 19.9 Å². The molecular weight excluding hydrogens is 596 g/mol. The van der Waals surface area contributed by atoms with Crippen LogP contribution in [-0.2, 0) is 0 Å². The largest absolute Gasteiger partial charge is 0.462 e. The Morgan fingerprint density at radius 3 is 1.36 bits per heavy atom. The fourth-order valence-electron chi connectivity index (χ4n) is 5.04. The molecule has 0 atom stereocenters. The Morgan fingerprint density at radius 2 is 0.957 bits per heavy atom. The summed E-state index contributed by atoms with van der Waals surface area (Å²) in [5, 5.41) is 79.6. The van der Waals surface area contributed by atoms with E-state index in [1.807, 2.05) is 24.3 Å². The SMILES string of the molecule is N#C/C(c1c(C#N)nc(C#N)nc1C#N)=c1/cnc2c(c1)c1c/c(=C(\C#N)c3c(C#N)nc(C#N)nc3C#N)cnc1c1occc21. The Bertz CT molecular complexity index is 2630. The number of aromatic nitrogens is 6. The highest BCUT2D eigenvalue weighted by Gasteiger charge is 2.22. The van der Waals surface area contributed by atoms with E-state index in [2.05, 4.69) is 29.9 Å². The first-order valence-electron chi connectivity index (χ1n) is 12.8. The molecule has 0 bridgehead atoms. The molecule has 6 rings (SSSR count). The van der Waals surface area contributed by atoms with Crippen molar-refractivity contribution in [2.24, 2.45) is 0 Å². The van der Waals surface area contributed by atoms with Gasteiger partial charge >= 0.3 is 0 Å². The molecule has 0 saturated carbocycles. The van der Waals surface area contributed by atoms with E-state index in [0.717, 1.165) is 0 Å². The lowest BCUT2D eigenvalue weighted by Crippen LogP contribution is -2.14. The third kappa shape index (κ3) is 4.38. The van der Waals surface area contributed by atoms with Gasteiger partial charge in [-0.1, -0.05) is 0 Å². The molecule has 0 unspecified atom stereocenters. The normalized spacial score (nSPS) is 11.5. The van der Waals surface area contributed by atoms with Crippen LogP contribution in [0.15, 0.2) is 41.3 Å². The van der Waals surface area contributed by atoms with Crippen LogP contribution in [0.5, 0.6) is 0 Å². The summed E-state index contributed by atoms with van der Waals surface area (Å²) < 4.78 is 5.72. The lowest BCUT2D eigenvalue weighted by molar-refractivity contribution is 0.618. The first-order chi connectivity index (χ1) is 22.9. The summed E-state index contributed by atoms with van der Waals surface area (Å²) in [6.45, 7) is 0. The monoisotopic (exact) mass is 602 g/mol. The van der Waals surface area contributed by atoms with Gasteiger partial charge < -0.3 is 4.42 Å². The number of fused-ring (bicyclic) bond motifs is 6. The standard InChI is InChI=1S/C32H6N14O/c33-5-20(28-22(7-35)43-26(11-39)44-23(28)8-36)15-3-18-19-4-16(14-42-31(19)32-17(1-2-47-32)30(18)41-13-15)21(6-34)29-24(9-37)45-27(12-40)46-25(29)10-38/h1-4,13-14H/b20-15-,21-16-. The summed E-state index contributed by atoms with van der Waals surface area (Å²) in [7, 11) is 0. The van der Waals surface area contributed by atoms with E-state index in [0.29, 0.717) is 32.8 Å². The topological polar surface area (TPSA) is 281 Å². The van der Waals surface area contributed by atoms with Crippen LogP contribution in [0, 0.1) is 90.6 Å². The second kappa shape index (κ2) is 11.2. The third-order valence-corrected chi connectivity index (χ3v) is 6.94. The highest BCUT2D eigenvalue weighted by Crippen LogP contribution is 2.32. The Kier molecular flexibility index (Phi) is 6.82. The van der Waals surface area contributed by atoms with Crippen molar-refractivity contribution in [1.29, 1.82) is 42.1 Å². The van der Waals surface area contributed by atoms with Crippen molar-refractivity contribution in [3.63, 3.8) is 0 Å². The molecule has 0 saturated heterocycles. The molecule has 15 nitrogen and oxygen atoms in total. The van der Waals surface area contributed by atoms with Crippen molar-refractivity contribution in [2.45, 2.75) is 0 Å². The molecule has 1 aromatic carbocycles. The maximum absolute atomic E-state index is 10.2. The number of hydrogen-bond donors (Lipinski definition) is 0. The van der Waals surface area contributed by atoms with Crippen molar-refractivity contribution in [3.05, 3.63) is 92.8 Å². The number of hydrogen-bond acceptors (Lipinski definition) is 15. The molecule has 6 aromatic rings. The van der Waals surface area contributed by atoms with Crippen LogP contribution >= 0.6 is 0 Å². The number of pyridine rings is 2. The van der Waals surface area contributed by atoms with Crippen LogP contribution in [0.25, 0.3) is 43.9 Å². The fraction of sp³-hybridized carbons (Fsp3) is 0. The summed E-state index contributed by atoms with van der Waals surface area (Å²) in [6.07, 6.45) is 4.13. The molecule has 0 amide bonds. The molecule has 0 aliphatic rings.